The second kappa shape index (κ2) is 11.0. The first-order valence-corrected chi connectivity index (χ1v) is 12.4. The number of aromatic nitrogens is 2. The number of benzene rings is 2. The molecule has 2 heterocycles. The molecule has 2 amide bonds. The lowest BCUT2D eigenvalue weighted by Gasteiger charge is -2.34. The molecule has 0 spiro atoms. The summed E-state index contributed by atoms with van der Waals surface area (Å²) in [7, 11) is 0. The second-order valence-corrected chi connectivity index (χ2v) is 9.61. The third kappa shape index (κ3) is 5.85. The molecule has 1 aromatic heterocycles. The lowest BCUT2D eigenvalue weighted by molar-refractivity contribution is -0.125. The van der Waals surface area contributed by atoms with E-state index in [-0.39, 0.29) is 23.7 Å². The number of amides is 2. The highest BCUT2D eigenvalue weighted by Gasteiger charge is 2.30. The molecule has 8 heteroatoms. The molecule has 4 rings (SSSR count). The number of piperidine rings is 1. The summed E-state index contributed by atoms with van der Waals surface area (Å²) in [6, 6.07) is 17.7. The van der Waals surface area contributed by atoms with Gasteiger partial charge in [0.25, 0.3) is 0 Å². The Morgan fingerprint density at radius 3 is 2.37 bits per heavy atom. The molecule has 1 unspecified atom stereocenters. The molecule has 7 nitrogen and oxygen atoms in total. The van der Waals surface area contributed by atoms with Crippen LogP contribution in [0.2, 0.25) is 5.02 Å². The first-order chi connectivity index (χ1) is 16.8. The molecular formula is C27H32ClN5O2. The van der Waals surface area contributed by atoms with Gasteiger partial charge in [0.05, 0.1) is 11.4 Å². The van der Waals surface area contributed by atoms with Gasteiger partial charge in [-0.2, -0.15) is 5.10 Å². The summed E-state index contributed by atoms with van der Waals surface area (Å²) in [6.45, 7) is 7.51. The molecule has 184 valence electrons. The van der Waals surface area contributed by atoms with Gasteiger partial charge in [0.1, 0.15) is 5.69 Å². The maximum atomic E-state index is 12.9. The molecule has 2 N–H and O–H groups in total. The maximum Gasteiger partial charge on any atom is 0.223 e. The normalized spacial score (nSPS) is 15.0. The van der Waals surface area contributed by atoms with E-state index in [2.05, 4.69) is 34.6 Å². The first-order valence-electron chi connectivity index (χ1n) is 12.0. The van der Waals surface area contributed by atoms with Crippen LogP contribution >= 0.6 is 11.6 Å². The Morgan fingerprint density at radius 2 is 1.74 bits per heavy atom. The summed E-state index contributed by atoms with van der Waals surface area (Å²) >= 11 is 6.08. The predicted molar refractivity (Wildman–Crippen MR) is 140 cm³/mol. The van der Waals surface area contributed by atoms with Gasteiger partial charge in [0.15, 0.2) is 5.82 Å². The van der Waals surface area contributed by atoms with Crippen LogP contribution in [0.4, 0.5) is 11.5 Å². The Hall–Kier alpha value is -3.32. The molecule has 1 atom stereocenters. The maximum absolute atomic E-state index is 12.9. The van der Waals surface area contributed by atoms with Crippen LogP contribution in [0.5, 0.6) is 0 Å². The highest BCUT2D eigenvalue weighted by Crippen LogP contribution is 2.35. The number of hydrogen-bond acceptors (Lipinski definition) is 4. The highest BCUT2D eigenvalue weighted by atomic mass is 35.5. The topological polar surface area (TPSA) is 79.3 Å². The Labute approximate surface area is 211 Å². The van der Waals surface area contributed by atoms with Crippen molar-refractivity contribution in [3.8, 4) is 5.69 Å². The van der Waals surface area contributed by atoms with E-state index < -0.39 is 0 Å². The van der Waals surface area contributed by atoms with Crippen molar-refractivity contribution < 1.29 is 9.59 Å². The molecule has 3 aromatic rings. The number of nitrogens with one attached hydrogen (secondary N) is 2. The minimum absolute atomic E-state index is 0.0357. The van der Waals surface area contributed by atoms with E-state index in [1.54, 1.807) is 0 Å². The minimum Gasteiger partial charge on any atom is -0.355 e. The summed E-state index contributed by atoms with van der Waals surface area (Å²) in [4.78, 5) is 27.0. The molecule has 0 radical (unpaired) electrons. The molecule has 2 aromatic carbocycles. The van der Waals surface area contributed by atoms with Gasteiger partial charge < -0.3 is 15.5 Å². The Kier molecular flexibility index (Phi) is 7.76. The van der Waals surface area contributed by atoms with Crippen molar-refractivity contribution in [2.24, 2.45) is 5.92 Å². The minimum atomic E-state index is -0.146. The summed E-state index contributed by atoms with van der Waals surface area (Å²) in [5.74, 6) is 1.02. The molecule has 1 aliphatic rings. The van der Waals surface area contributed by atoms with E-state index in [9.17, 15) is 9.59 Å². The van der Waals surface area contributed by atoms with E-state index >= 15 is 0 Å². The van der Waals surface area contributed by atoms with Crippen LogP contribution in [0.15, 0.2) is 54.6 Å². The fraction of sp³-hybridized carbons (Fsp3) is 0.370. The second-order valence-electron chi connectivity index (χ2n) is 9.17. The van der Waals surface area contributed by atoms with E-state index in [0.29, 0.717) is 30.3 Å². The molecule has 1 aliphatic heterocycles. The third-order valence-corrected chi connectivity index (χ3v) is 6.78. The zero-order valence-electron chi connectivity index (χ0n) is 20.4. The molecule has 1 fully saturated rings. The van der Waals surface area contributed by atoms with Gasteiger partial charge >= 0.3 is 0 Å². The third-order valence-electron chi connectivity index (χ3n) is 6.52. The number of rotatable bonds is 7. The zero-order chi connectivity index (χ0) is 24.9. The zero-order valence-corrected chi connectivity index (χ0v) is 21.2. The van der Waals surface area contributed by atoms with Gasteiger partial charge in [-0.25, -0.2) is 4.68 Å². The molecule has 1 saturated heterocycles. The Morgan fingerprint density at radius 1 is 1.09 bits per heavy atom. The molecular weight excluding hydrogens is 462 g/mol. The van der Waals surface area contributed by atoms with Gasteiger partial charge in [0, 0.05) is 37.5 Å². The first kappa shape index (κ1) is 24.8. The average Bonchev–Trinajstić information content (AvgIpc) is 3.18. The van der Waals surface area contributed by atoms with Gasteiger partial charge in [-0.1, -0.05) is 48.9 Å². The van der Waals surface area contributed by atoms with Crippen molar-refractivity contribution >= 4 is 34.9 Å². The monoisotopic (exact) mass is 493 g/mol. The fourth-order valence-corrected chi connectivity index (χ4v) is 4.67. The Bertz CT molecular complexity index is 1170. The van der Waals surface area contributed by atoms with E-state index in [1.165, 1.54) is 12.5 Å². The SMILES string of the molecule is CC(=O)Nc1c(C)nn(-c2ccc(Cl)cc2)c1N1CCC(C(=O)NCC(C)c2ccccc2)CC1. The standard InChI is InChI=1S/C27H32ClN5O2/c1-18(21-7-5-4-6-8-21)17-29-26(35)22-13-15-32(16-14-22)27-25(30-20(3)34)19(2)31-33(27)24-11-9-23(28)10-12-24/h4-12,18,22H,13-17H2,1-3H3,(H,29,35)(H,30,34). The van der Waals surface area contributed by atoms with Crippen molar-refractivity contribution in [3.05, 3.63) is 70.9 Å². The van der Waals surface area contributed by atoms with Gasteiger partial charge in [-0.3, -0.25) is 9.59 Å². The van der Waals surface area contributed by atoms with Crippen molar-refractivity contribution in [2.45, 2.75) is 39.5 Å². The lowest BCUT2D eigenvalue weighted by atomic mass is 9.95. The number of halogens is 1. The lowest BCUT2D eigenvalue weighted by Crippen LogP contribution is -2.42. The van der Waals surface area contributed by atoms with Crippen molar-refractivity contribution in [1.29, 1.82) is 0 Å². The van der Waals surface area contributed by atoms with E-state index in [1.807, 2.05) is 54.1 Å². The van der Waals surface area contributed by atoms with Crippen LogP contribution in [-0.2, 0) is 9.59 Å². The van der Waals surface area contributed by atoms with Crippen molar-refractivity contribution in [1.82, 2.24) is 15.1 Å². The van der Waals surface area contributed by atoms with Crippen LogP contribution in [0.3, 0.4) is 0 Å². The summed E-state index contributed by atoms with van der Waals surface area (Å²) in [5.41, 5.74) is 3.52. The fourth-order valence-electron chi connectivity index (χ4n) is 4.54. The van der Waals surface area contributed by atoms with Gasteiger partial charge in [-0.15, -0.1) is 0 Å². The number of aryl methyl sites for hydroxylation is 1. The van der Waals surface area contributed by atoms with Crippen LogP contribution in [0.25, 0.3) is 5.69 Å². The van der Waals surface area contributed by atoms with E-state index in [0.717, 1.165) is 30.0 Å². The number of anilines is 2. The van der Waals surface area contributed by atoms with Crippen molar-refractivity contribution in [2.75, 3.05) is 29.9 Å². The van der Waals surface area contributed by atoms with Crippen LogP contribution < -0.4 is 15.5 Å². The molecule has 0 saturated carbocycles. The summed E-state index contributed by atoms with van der Waals surface area (Å²) in [5, 5.41) is 11.5. The van der Waals surface area contributed by atoms with Crippen LogP contribution in [0, 0.1) is 12.8 Å². The number of hydrogen-bond donors (Lipinski definition) is 2. The number of nitrogens with zero attached hydrogens (tertiary/aromatic N) is 3. The smallest absolute Gasteiger partial charge is 0.223 e. The van der Waals surface area contributed by atoms with Crippen molar-refractivity contribution in [3.63, 3.8) is 0 Å². The quantitative estimate of drug-likeness (QED) is 0.489. The number of carbonyl (C=O) groups excluding carboxylic acids is 2. The molecule has 35 heavy (non-hydrogen) atoms. The van der Waals surface area contributed by atoms with Gasteiger partial charge in [0.2, 0.25) is 11.8 Å². The number of carbonyl (C=O) groups is 2. The molecule has 0 aliphatic carbocycles. The average molecular weight is 494 g/mol. The van der Waals surface area contributed by atoms with Gasteiger partial charge in [-0.05, 0) is 55.5 Å². The molecule has 0 bridgehead atoms. The van der Waals surface area contributed by atoms with Crippen LogP contribution in [0.1, 0.15) is 43.9 Å². The largest absolute Gasteiger partial charge is 0.355 e. The highest BCUT2D eigenvalue weighted by molar-refractivity contribution is 6.30. The Balaban J connectivity index is 1.46. The van der Waals surface area contributed by atoms with E-state index in [4.69, 9.17) is 16.7 Å². The summed E-state index contributed by atoms with van der Waals surface area (Å²) in [6.07, 6.45) is 1.46. The van der Waals surface area contributed by atoms with Crippen LogP contribution in [-0.4, -0.2) is 41.2 Å². The summed E-state index contributed by atoms with van der Waals surface area (Å²) < 4.78 is 1.85. The predicted octanol–water partition coefficient (Wildman–Crippen LogP) is 4.93.